The standard InChI is InChI=1S/C25H25N3O3S/c1-17-7-12-21-22(16-28-23(21)15-17)25(29)24(19-5-3-2-4-6-19)27-14-13-18-8-10-20(11-9-18)32(26,30)31/h2-12,15-16,24,27-28H,13-14H2,1H3,(H2,26,30,31)/t24-/m0/s1. The lowest BCUT2D eigenvalue weighted by Gasteiger charge is -2.18. The van der Waals surface area contributed by atoms with E-state index in [1.54, 1.807) is 18.3 Å². The molecule has 4 aromatic rings. The van der Waals surface area contributed by atoms with Gasteiger partial charge < -0.3 is 10.3 Å². The van der Waals surface area contributed by atoms with Crippen LogP contribution >= 0.6 is 0 Å². The quantitative estimate of drug-likeness (QED) is 0.357. The minimum atomic E-state index is -3.71. The highest BCUT2D eigenvalue weighted by Gasteiger charge is 2.24. The van der Waals surface area contributed by atoms with Crippen LogP contribution in [0.2, 0.25) is 0 Å². The van der Waals surface area contributed by atoms with E-state index in [-0.39, 0.29) is 10.7 Å². The van der Waals surface area contributed by atoms with E-state index in [9.17, 15) is 13.2 Å². The Balaban J connectivity index is 1.54. The summed E-state index contributed by atoms with van der Waals surface area (Å²) in [5.74, 6) is -0.00382. The number of carbonyl (C=O) groups excluding carboxylic acids is 1. The van der Waals surface area contributed by atoms with Crippen LogP contribution in [-0.4, -0.2) is 25.7 Å². The average Bonchev–Trinajstić information content (AvgIpc) is 3.19. The number of fused-ring (bicyclic) bond motifs is 1. The Morgan fingerprint density at radius 3 is 2.44 bits per heavy atom. The lowest BCUT2D eigenvalue weighted by molar-refractivity contribution is 0.0945. The number of nitrogens with two attached hydrogens (primary N) is 1. The van der Waals surface area contributed by atoms with Crippen molar-refractivity contribution in [1.29, 1.82) is 0 Å². The molecule has 0 unspecified atom stereocenters. The molecule has 4 rings (SSSR count). The minimum absolute atomic E-state index is 0.00382. The number of aromatic amines is 1. The molecule has 4 N–H and O–H groups in total. The van der Waals surface area contributed by atoms with Crippen molar-refractivity contribution in [3.05, 3.63) is 101 Å². The maximum Gasteiger partial charge on any atom is 0.238 e. The van der Waals surface area contributed by atoms with Gasteiger partial charge >= 0.3 is 0 Å². The van der Waals surface area contributed by atoms with E-state index < -0.39 is 16.1 Å². The smallest absolute Gasteiger partial charge is 0.238 e. The fourth-order valence-corrected chi connectivity index (χ4v) is 4.33. The van der Waals surface area contributed by atoms with Crippen molar-refractivity contribution < 1.29 is 13.2 Å². The number of carbonyl (C=O) groups is 1. The molecule has 0 radical (unpaired) electrons. The number of H-pyrrole nitrogens is 1. The van der Waals surface area contributed by atoms with Crippen LogP contribution in [0.1, 0.15) is 33.1 Å². The Labute approximate surface area is 187 Å². The second-order valence-electron chi connectivity index (χ2n) is 7.85. The van der Waals surface area contributed by atoms with Gasteiger partial charge in [-0.3, -0.25) is 4.79 Å². The van der Waals surface area contributed by atoms with E-state index in [1.165, 1.54) is 12.1 Å². The molecule has 1 heterocycles. The molecular formula is C25H25N3O3S. The van der Waals surface area contributed by atoms with Gasteiger partial charge in [-0.2, -0.15) is 0 Å². The predicted molar refractivity (Wildman–Crippen MR) is 126 cm³/mol. The van der Waals surface area contributed by atoms with E-state index in [0.29, 0.717) is 18.5 Å². The Morgan fingerprint density at radius 2 is 1.75 bits per heavy atom. The number of aryl methyl sites for hydroxylation is 1. The molecule has 1 atom stereocenters. The first-order chi connectivity index (χ1) is 15.3. The first-order valence-electron chi connectivity index (χ1n) is 10.3. The summed E-state index contributed by atoms with van der Waals surface area (Å²) < 4.78 is 22.9. The molecule has 6 nitrogen and oxygen atoms in total. The second-order valence-corrected chi connectivity index (χ2v) is 9.41. The number of primary sulfonamides is 1. The molecule has 0 saturated heterocycles. The van der Waals surface area contributed by atoms with Gasteiger partial charge in [0.2, 0.25) is 10.0 Å². The highest BCUT2D eigenvalue weighted by molar-refractivity contribution is 7.89. The lowest BCUT2D eigenvalue weighted by Crippen LogP contribution is -2.30. The van der Waals surface area contributed by atoms with E-state index in [1.807, 2.05) is 55.5 Å². The van der Waals surface area contributed by atoms with Crippen molar-refractivity contribution in [1.82, 2.24) is 10.3 Å². The highest BCUT2D eigenvalue weighted by Crippen LogP contribution is 2.25. The van der Waals surface area contributed by atoms with Crippen molar-refractivity contribution in [3.63, 3.8) is 0 Å². The third-order valence-electron chi connectivity index (χ3n) is 5.51. The first-order valence-corrected chi connectivity index (χ1v) is 11.9. The van der Waals surface area contributed by atoms with Crippen LogP contribution in [0.25, 0.3) is 10.9 Å². The fourth-order valence-electron chi connectivity index (χ4n) is 3.81. The van der Waals surface area contributed by atoms with E-state index in [0.717, 1.165) is 27.6 Å². The summed E-state index contributed by atoms with van der Waals surface area (Å²) >= 11 is 0. The van der Waals surface area contributed by atoms with Crippen LogP contribution < -0.4 is 10.5 Å². The minimum Gasteiger partial charge on any atom is -0.360 e. The summed E-state index contributed by atoms with van der Waals surface area (Å²) in [7, 11) is -3.71. The van der Waals surface area contributed by atoms with E-state index in [4.69, 9.17) is 5.14 Å². The molecule has 164 valence electrons. The predicted octanol–water partition coefficient (Wildman–Crippen LogP) is 3.88. The number of nitrogens with one attached hydrogen (secondary N) is 2. The normalized spacial score (nSPS) is 12.7. The number of hydrogen-bond donors (Lipinski definition) is 3. The molecule has 7 heteroatoms. The highest BCUT2D eigenvalue weighted by atomic mass is 32.2. The maximum absolute atomic E-state index is 13.5. The van der Waals surface area contributed by atoms with E-state index in [2.05, 4.69) is 10.3 Å². The lowest BCUT2D eigenvalue weighted by atomic mass is 9.96. The van der Waals surface area contributed by atoms with Gasteiger partial charge in [0, 0.05) is 29.2 Å². The number of hydrogen-bond acceptors (Lipinski definition) is 4. The molecule has 0 bridgehead atoms. The summed E-state index contributed by atoms with van der Waals surface area (Å²) in [6.45, 7) is 2.56. The van der Waals surface area contributed by atoms with Crippen LogP contribution in [0.3, 0.4) is 0 Å². The third-order valence-corrected chi connectivity index (χ3v) is 6.44. The topological polar surface area (TPSA) is 105 Å². The van der Waals surface area contributed by atoms with Crippen LogP contribution in [0.5, 0.6) is 0 Å². The zero-order valence-corrected chi connectivity index (χ0v) is 18.5. The zero-order chi connectivity index (χ0) is 22.7. The molecule has 3 aromatic carbocycles. The number of Topliss-reactive ketones (excluding diaryl/α,β-unsaturated/α-hetero) is 1. The summed E-state index contributed by atoms with van der Waals surface area (Å²) in [5.41, 5.74) is 4.56. The van der Waals surface area contributed by atoms with Gasteiger partial charge in [0.25, 0.3) is 0 Å². The van der Waals surface area contributed by atoms with Crippen LogP contribution in [0, 0.1) is 6.92 Å². The summed E-state index contributed by atoms with van der Waals surface area (Å²) in [6.07, 6.45) is 2.41. The number of sulfonamides is 1. The van der Waals surface area contributed by atoms with Gasteiger partial charge in [0.05, 0.1) is 10.9 Å². The zero-order valence-electron chi connectivity index (χ0n) is 17.7. The Morgan fingerprint density at radius 1 is 1.03 bits per heavy atom. The molecular weight excluding hydrogens is 422 g/mol. The molecule has 0 fully saturated rings. The maximum atomic E-state index is 13.5. The average molecular weight is 448 g/mol. The SMILES string of the molecule is Cc1ccc2c(C(=O)[C@@H](NCCc3ccc(S(N)(=O)=O)cc3)c3ccccc3)c[nH]c2c1. The van der Waals surface area contributed by atoms with Gasteiger partial charge in [-0.05, 0) is 48.2 Å². The number of rotatable bonds is 8. The Hall–Kier alpha value is -3.26. The molecule has 1 aromatic heterocycles. The van der Waals surface area contributed by atoms with Gasteiger partial charge in [-0.25, -0.2) is 13.6 Å². The molecule has 0 aliphatic carbocycles. The van der Waals surface area contributed by atoms with Crippen LogP contribution in [0.15, 0.2) is 83.9 Å². The molecule has 0 spiro atoms. The van der Waals surface area contributed by atoms with E-state index >= 15 is 0 Å². The van der Waals surface area contributed by atoms with Gasteiger partial charge in [0.15, 0.2) is 5.78 Å². The summed E-state index contributed by atoms with van der Waals surface area (Å²) in [5, 5.41) is 9.45. The van der Waals surface area contributed by atoms with Crippen molar-refractivity contribution >= 4 is 26.7 Å². The monoisotopic (exact) mass is 447 g/mol. The van der Waals surface area contributed by atoms with Crippen molar-refractivity contribution in [3.8, 4) is 0 Å². The number of ketones is 1. The second kappa shape index (κ2) is 9.08. The van der Waals surface area contributed by atoms with Crippen molar-refractivity contribution in [2.24, 2.45) is 5.14 Å². The molecule has 0 aliphatic heterocycles. The molecule has 32 heavy (non-hydrogen) atoms. The third kappa shape index (κ3) is 4.80. The Bertz CT molecular complexity index is 1340. The van der Waals surface area contributed by atoms with Crippen LogP contribution in [0.4, 0.5) is 0 Å². The molecule has 0 amide bonds. The molecule has 0 aliphatic rings. The molecule has 0 saturated carbocycles. The fraction of sp³-hybridized carbons (Fsp3) is 0.160. The summed E-state index contributed by atoms with van der Waals surface area (Å²) in [6, 6.07) is 21.6. The largest absolute Gasteiger partial charge is 0.360 e. The van der Waals surface area contributed by atoms with Crippen LogP contribution in [-0.2, 0) is 16.4 Å². The number of aromatic nitrogens is 1. The van der Waals surface area contributed by atoms with Gasteiger partial charge in [-0.15, -0.1) is 0 Å². The summed E-state index contributed by atoms with van der Waals surface area (Å²) in [4.78, 5) is 16.8. The first kappa shape index (κ1) is 22.0. The van der Waals surface area contributed by atoms with Gasteiger partial charge in [-0.1, -0.05) is 54.6 Å². The Kier molecular flexibility index (Phi) is 6.23. The van der Waals surface area contributed by atoms with Crippen molar-refractivity contribution in [2.45, 2.75) is 24.3 Å². The van der Waals surface area contributed by atoms with Crippen molar-refractivity contribution in [2.75, 3.05) is 6.54 Å². The van der Waals surface area contributed by atoms with Gasteiger partial charge in [0.1, 0.15) is 0 Å². The number of benzene rings is 3.